The summed E-state index contributed by atoms with van der Waals surface area (Å²) in [6, 6.07) is 2.19. The minimum absolute atomic E-state index is 0.156. The van der Waals surface area contributed by atoms with E-state index in [1.807, 2.05) is 30.9 Å². The summed E-state index contributed by atoms with van der Waals surface area (Å²) in [5.74, 6) is 1.75. The minimum Gasteiger partial charge on any atom is -0.338 e. The van der Waals surface area contributed by atoms with Gasteiger partial charge in [-0.05, 0) is 62.0 Å². The molecule has 0 bridgehead atoms. The highest BCUT2D eigenvalue weighted by Crippen LogP contribution is 2.28. The number of pyridine rings is 1. The number of fused-ring (bicyclic) bond motifs is 2. The highest BCUT2D eigenvalue weighted by molar-refractivity contribution is 5.94. The molecule has 178 valence electrons. The first-order valence-corrected chi connectivity index (χ1v) is 11.9. The van der Waals surface area contributed by atoms with Gasteiger partial charge < -0.3 is 14.8 Å². The van der Waals surface area contributed by atoms with Crippen molar-refractivity contribution in [2.45, 2.75) is 65.5 Å². The Kier molecular flexibility index (Phi) is 7.05. The lowest BCUT2D eigenvalue weighted by Gasteiger charge is -2.29. The number of hydrogen-bond donors (Lipinski definition) is 1. The van der Waals surface area contributed by atoms with Crippen LogP contribution in [0.1, 0.15) is 79.3 Å². The number of aryl methyl sites for hydroxylation is 1. The Morgan fingerprint density at radius 1 is 1.26 bits per heavy atom. The van der Waals surface area contributed by atoms with Crippen LogP contribution in [0.25, 0.3) is 5.57 Å². The molecule has 0 fully saturated rings. The Hall–Kier alpha value is -3.55. The third kappa shape index (κ3) is 5.00. The van der Waals surface area contributed by atoms with Crippen LogP contribution >= 0.6 is 0 Å². The van der Waals surface area contributed by atoms with Gasteiger partial charge in [0, 0.05) is 43.9 Å². The molecule has 2 amide bonds. The van der Waals surface area contributed by atoms with Crippen LogP contribution in [-0.4, -0.2) is 43.0 Å². The Morgan fingerprint density at radius 3 is 2.88 bits per heavy atom. The van der Waals surface area contributed by atoms with Crippen LogP contribution in [0.4, 0.5) is 0 Å². The third-order valence-corrected chi connectivity index (χ3v) is 6.41. The van der Waals surface area contributed by atoms with Gasteiger partial charge in [0.2, 0.25) is 5.91 Å². The van der Waals surface area contributed by atoms with Crippen molar-refractivity contribution in [1.82, 2.24) is 30.0 Å². The van der Waals surface area contributed by atoms with Crippen LogP contribution in [0.2, 0.25) is 0 Å². The molecule has 4 heterocycles. The number of amides is 2. The summed E-state index contributed by atoms with van der Waals surface area (Å²) in [6.07, 6.45) is 11.5. The van der Waals surface area contributed by atoms with Crippen molar-refractivity contribution in [3.05, 3.63) is 71.2 Å². The standard InChI is InChI=1S/C26H32N6O2/c1-5-7-24(33)31-13-12-20-15-27-22(14-21(20)16-31)26(34)28-18(3)9-6-8-17(2)25-30-29-23-11-10-19(4)32(23)25/h6,8-9,14-15,19H,3,5,7,10-13,16H2,1-2,4H3,(H,28,34)/b9-6-,17-8+. The minimum atomic E-state index is -0.320. The SMILES string of the molecule is C=C(/C=C\C=C(/C)c1nnc2n1C(C)CC2)NC(=O)c1cc2c(cn1)CCN(C(=O)CCC)C2. The Labute approximate surface area is 200 Å². The molecule has 0 saturated heterocycles. The van der Waals surface area contributed by atoms with Crippen molar-refractivity contribution in [3.63, 3.8) is 0 Å². The van der Waals surface area contributed by atoms with Crippen LogP contribution in [-0.2, 0) is 24.2 Å². The molecule has 2 aromatic heterocycles. The fourth-order valence-corrected chi connectivity index (χ4v) is 4.47. The van der Waals surface area contributed by atoms with Crippen molar-refractivity contribution in [2.75, 3.05) is 6.54 Å². The smallest absolute Gasteiger partial charge is 0.274 e. The molecule has 2 aromatic rings. The first-order valence-electron chi connectivity index (χ1n) is 11.9. The number of rotatable bonds is 7. The molecular weight excluding hydrogens is 428 g/mol. The van der Waals surface area contributed by atoms with E-state index in [-0.39, 0.29) is 11.8 Å². The highest BCUT2D eigenvalue weighted by Gasteiger charge is 2.24. The summed E-state index contributed by atoms with van der Waals surface area (Å²) in [5, 5.41) is 11.4. The average Bonchev–Trinajstić information content (AvgIpc) is 3.41. The quantitative estimate of drug-likeness (QED) is 0.635. The van der Waals surface area contributed by atoms with Gasteiger partial charge in [-0.15, -0.1) is 10.2 Å². The second-order valence-electron chi connectivity index (χ2n) is 9.04. The van der Waals surface area contributed by atoms with E-state index in [1.165, 1.54) is 0 Å². The second kappa shape index (κ2) is 10.2. The summed E-state index contributed by atoms with van der Waals surface area (Å²) in [5.41, 5.74) is 3.85. The molecule has 8 heteroatoms. The lowest BCUT2D eigenvalue weighted by molar-refractivity contribution is -0.132. The summed E-state index contributed by atoms with van der Waals surface area (Å²) in [4.78, 5) is 31.2. The number of nitrogens with zero attached hydrogens (tertiary/aromatic N) is 5. The topological polar surface area (TPSA) is 93.0 Å². The summed E-state index contributed by atoms with van der Waals surface area (Å²) in [6.45, 7) is 11.3. The fraction of sp³-hybridized carbons (Fsp3) is 0.423. The fourth-order valence-electron chi connectivity index (χ4n) is 4.47. The predicted octanol–water partition coefficient (Wildman–Crippen LogP) is 3.77. The van der Waals surface area contributed by atoms with Crippen LogP contribution in [0.15, 0.2) is 42.8 Å². The van der Waals surface area contributed by atoms with E-state index in [4.69, 9.17) is 0 Å². The summed E-state index contributed by atoms with van der Waals surface area (Å²) in [7, 11) is 0. The Bertz CT molecular complexity index is 1180. The molecule has 2 aliphatic rings. The van der Waals surface area contributed by atoms with Crippen molar-refractivity contribution in [3.8, 4) is 0 Å². The second-order valence-corrected chi connectivity index (χ2v) is 9.04. The van der Waals surface area contributed by atoms with Crippen LogP contribution in [0.5, 0.6) is 0 Å². The lowest BCUT2D eigenvalue weighted by atomic mass is 10.0. The molecule has 8 nitrogen and oxygen atoms in total. The van der Waals surface area contributed by atoms with Crippen molar-refractivity contribution < 1.29 is 9.59 Å². The van der Waals surface area contributed by atoms with Crippen molar-refractivity contribution in [2.24, 2.45) is 0 Å². The normalized spacial score (nSPS) is 17.6. The molecule has 0 aromatic carbocycles. The molecule has 2 aliphatic heterocycles. The van der Waals surface area contributed by atoms with Gasteiger partial charge in [0.05, 0.1) is 0 Å². The van der Waals surface area contributed by atoms with Gasteiger partial charge in [-0.25, -0.2) is 0 Å². The molecule has 0 radical (unpaired) electrons. The number of nitrogens with one attached hydrogen (secondary N) is 1. The number of carbonyl (C=O) groups excluding carboxylic acids is 2. The number of carbonyl (C=O) groups is 2. The maximum absolute atomic E-state index is 12.7. The maximum atomic E-state index is 12.7. The van der Waals surface area contributed by atoms with Crippen LogP contribution in [0, 0.1) is 0 Å². The monoisotopic (exact) mass is 460 g/mol. The molecule has 1 N–H and O–H groups in total. The van der Waals surface area contributed by atoms with E-state index in [9.17, 15) is 9.59 Å². The molecular formula is C26H32N6O2. The van der Waals surface area contributed by atoms with Gasteiger partial charge in [0.15, 0.2) is 5.82 Å². The van der Waals surface area contributed by atoms with E-state index >= 15 is 0 Å². The number of allylic oxidation sites excluding steroid dienone is 4. The van der Waals surface area contributed by atoms with Gasteiger partial charge in [-0.3, -0.25) is 14.6 Å². The van der Waals surface area contributed by atoms with Crippen LogP contribution in [0.3, 0.4) is 0 Å². The van der Waals surface area contributed by atoms with E-state index in [1.54, 1.807) is 18.3 Å². The molecule has 1 atom stereocenters. The molecule has 4 rings (SSSR count). The van der Waals surface area contributed by atoms with Gasteiger partial charge in [-0.2, -0.15) is 0 Å². The highest BCUT2D eigenvalue weighted by atomic mass is 16.2. The summed E-state index contributed by atoms with van der Waals surface area (Å²) >= 11 is 0. The Morgan fingerprint density at radius 2 is 2.09 bits per heavy atom. The van der Waals surface area contributed by atoms with Crippen LogP contribution < -0.4 is 5.32 Å². The lowest BCUT2D eigenvalue weighted by Crippen LogP contribution is -2.36. The van der Waals surface area contributed by atoms with E-state index in [0.717, 1.165) is 54.0 Å². The maximum Gasteiger partial charge on any atom is 0.274 e. The zero-order valence-corrected chi connectivity index (χ0v) is 20.2. The molecule has 0 saturated carbocycles. The van der Waals surface area contributed by atoms with E-state index in [0.29, 0.717) is 36.9 Å². The molecule has 34 heavy (non-hydrogen) atoms. The van der Waals surface area contributed by atoms with Gasteiger partial charge in [0.1, 0.15) is 11.5 Å². The molecule has 1 unspecified atom stereocenters. The van der Waals surface area contributed by atoms with Crippen molar-refractivity contribution in [1.29, 1.82) is 0 Å². The van der Waals surface area contributed by atoms with Gasteiger partial charge >= 0.3 is 0 Å². The van der Waals surface area contributed by atoms with Gasteiger partial charge in [0.25, 0.3) is 5.91 Å². The first-order chi connectivity index (χ1) is 16.4. The number of aromatic nitrogens is 4. The average molecular weight is 461 g/mol. The molecule has 0 spiro atoms. The largest absolute Gasteiger partial charge is 0.338 e. The number of hydrogen-bond acceptors (Lipinski definition) is 5. The first kappa shape index (κ1) is 23.6. The zero-order chi connectivity index (χ0) is 24.2. The van der Waals surface area contributed by atoms with E-state index < -0.39 is 0 Å². The predicted molar refractivity (Wildman–Crippen MR) is 131 cm³/mol. The Balaban J connectivity index is 1.37. The van der Waals surface area contributed by atoms with Gasteiger partial charge in [-0.1, -0.05) is 25.7 Å². The summed E-state index contributed by atoms with van der Waals surface area (Å²) < 4.78 is 2.19. The van der Waals surface area contributed by atoms with Crippen molar-refractivity contribution >= 4 is 17.4 Å². The van der Waals surface area contributed by atoms with E-state index in [2.05, 4.69) is 38.6 Å². The third-order valence-electron chi connectivity index (χ3n) is 6.41. The zero-order valence-electron chi connectivity index (χ0n) is 20.2. The molecule has 0 aliphatic carbocycles.